The lowest BCUT2D eigenvalue weighted by molar-refractivity contribution is -0.116. The Morgan fingerprint density at radius 3 is 2.13 bits per heavy atom. The van der Waals surface area contributed by atoms with E-state index in [4.69, 9.17) is 0 Å². The van der Waals surface area contributed by atoms with Gasteiger partial charge in [-0.25, -0.2) is 0 Å². The molecule has 0 atom stereocenters. The minimum atomic E-state index is -0.150. The van der Waals surface area contributed by atoms with Crippen LogP contribution in [0, 0.1) is 3.57 Å². The number of rotatable bonds is 6. The Balaban J connectivity index is 1.88. The van der Waals surface area contributed by atoms with Gasteiger partial charge in [0.05, 0.1) is 6.54 Å². The number of hydrogen-bond acceptors (Lipinski definition) is 3. The van der Waals surface area contributed by atoms with Gasteiger partial charge in [-0.05, 0) is 65.1 Å². The zero-order valence-electron chi connectivity index (χ0n) is 12.7. The smallest absolute Gasteiger partial charge is 0.243 e. The summed E-state index contributed by atoms with van der Waals surface area (Å²) in [7, 11) is 0. The molecule has 3 N–H and O–H groups in total. The predicted molar refractivity (Wildman–Crippen MR) is 102 cm³/mol. The van der Waals surface area contributed by atoms with E-state index in [0.29, 0.717) is 17.8 Å². The number of anilines is 3. The molecular weight excluding hydrogens is 405 g/mol. The van der Waals surface area contributed by atoms with Crippen LogP contribution in [-0.2, 0) is 9.59 Å². The van der Waals surface area contributed by atoms with Crippen molar-refractivity contribution in [1.29, 1.82) is 0 Å². The largest absolute Gasteiger partial charge is 0.376 e. The van der Waals surface area contributed by atoms with E-state index in [2.05, 4.69) is 38.5 Å². The van der Waals surface area contributed by atoms with Crippen LogP contribution in [0.25, 0.3) is 0 Å². The van der Waals surface area contributed by atoms with Gasteiger partial charge in [-0.1, -0.05) is 13.0 Å². The molecule has 2 aromatic carbocycles. The van der Waals surface area contributed by atoms with Crippen LogP contribution in [0.5, 0.6) is 0 Å². The Hall–Kier alpha value is -2.09. The van der Waals surface area contributed by atoms with E-state index in [1.54, 1.807) is 31.2 Å². The van der Waals surface area contributed by atoms with Crippen molar-refractivity contribution in [2.75, 3.05) is 22.5 Å². The number of halogens is 1. The molecule has 0 aromatic heterocycles. The van der Waals surface area contributed by atoms with Crippen molar-refractivity contribution in [3.8, 4) is 0 Å². The van der Waals surface area contributed by atoms with Crippen LogP contribution < -0.4 is 16.0 Å². The van der Waals surface area contributed by atoms with Crippen LogP contribution in [0.1, 0.15) is 13.3 Å². The first-order chi connectivity index (χ1) is 11.1. The quantitative estimate of drug-likeness (QED) is 0.621. The molecule has 0 heterocycles. The summed E-state index contributed by atoms with van der Waals surface area (Å²) in [6.07, 6.45) is 0.413. The molecule has 0 aliphatic carbocycles. The van der Waals surface area contributed by atoms with Crippen molar-refractivity contribution in [2.24, 2.45) is 0 Å². The van der Waals surface area contributed by atoms with Crippen LogP contribution in [0.2, 0.25) is 0 Å². The first-order valence-electron chi connectivity index (χ1n) is 7.26. The molecule has 23 heavy (non-hydrogen) atoms. The Bertz CT molecular complexity index is 686. The maximum absolute atomic E-state index is 12.0. The molecule has 0 radical (unpaired) electrons. The maximum Gasteiger partial charge on any atom is 0.243 e. The molecule has 0 bridgehead atoms. The van der Waals surface area contributed by atoms with Crippen molar-refractivity contribution in [3.63, 3.8) is 0 Å². The second-order valence-corrected chi connectivity index (χ2v) is 6.14. The molecular formula is C17H18IN3O2. The van der Waals surface area contributed by atoms with E-state index in [1.807, 2.05) is 24.3 Å². The zero-order chi connectivity index (χ0) is 16.7. The average molecular weight is 423 g/mol. The molecule has 2 aromatic rings. The molecule has 0 saturated carbocycles. The third-order valence-corrected chi connectivity index (χ3v) is 3.77. The van der Waals surface area contributed by atoms with Crippen molar-refractivity contribution >= 4 is 51.5 Å². The minimum absolute atomic E-state index is 0.0612. The van der Waals surface area contributed by atoms with E-state index in [9.17, 15) is 9.59 Å². The summed E-state index contributed by atoms with van der Waals surface area (Å²) in [4.78, 5) is 23.4. The molecule has 5 nitrogen and oxygen atoms in total. The fraction of sp³-hybridized carbons (Fsp3) is 0.176. The number of benzene rings is 2. The molecule has 0 spiro atoms. The number of amides is 2. The zero-order valence-corrected chi connectivity index (χ0v) is 14.9. The predicted octanol–water partition coefficient (Wildman–Crippen LogP) is 3.69. The summed E-state index contributed by atoms with van der Waals surface area (Å²) in [6, 6.07) is 14.9. The lowest BCUT2D eigenvalue weighted by Crippen LogP contribution is -2.21. The van der Waals surface area contributed by atoms with Crippen LogP contribution in [-0.4, -0.2) is 18.4 Å². The Morgan fingerprint density at radius 2 is 1.52 bits per heavy atom. The molecule has 0 aliphatic rings. The normalized spacial score (nSPS) is 10.0. The fourth-order valence-electron chi connectivity index (χ4n) is 1.88. The topological polar surface area (TPSA) is 70.2 Å². The summed E-state index contributed by atoms with van der Waals surface area (Å²) in [5, 5.41) is 8.63. The van der Waals surface area contributed by atoms with E-state index in [0.717, 1.165) is 9.26 Å². The maximum atomic E-state index is 12.0. The van der Waals surface area contributed by atoms with Gasteiger partial charge >= 0.3 is 0 Å². The standard InChI is InChI=1S/C17H18IN3O2/c1-2-16(22)20-14-4-3-5-15(10-14)21-17(23)11-19-13-8-6-12(18)7-9-13/h3-10,19H,2,11H2,1H3,(H,20,22)(H,21,23). The van der Waals surface area contributed by atoms with Gasteiger partial charge in [0, 0.05) is 27.1 Å². The van der Waals surface area contributed by atoms with Gasteiger partial charge in [0.15, 0.2) is 0 Å². The highest BCUT2D eigenvalue weighted by molar-refractivity contribution is 14.1. The Labute approximate surface area is 149 Å². The molecule has 120 valence electrons. The van der Waals surface area contributed by atoms with Gasteiger partial charge in [-0.3, -0.25) is 9.59 Å². The monoisotopic (exact) mass is 423 g/mol. The SMILES string of the molecule is CCC(=O)Nc1cccc(NC(=O)CNc2ccc(I)cc2)c1. The molecule has 6 heteroatoms. The molecule has 0 saturated heterocycles. The lowest BCUT2D eigenvalue weighted by Gasteiger charge is -2.10. The van der Waals surface area contributed by atoms with Crippen molar-refractivity contribution in [3.05, 3.63) is 52.1 Å². The lowest BCUT2D eigenvalue weighted by atomic mass is 10.2. The van der Waals surface area contributed by atoms with Crippen LogP contribution in [0.15, 0.2) is 48.5 Å². The summed E-state index contributed by atoms with van der Waals surface area (Å²) in [6.45, 7) is 1.96. The van der Waals surface area contributed by atoms with Crippen molar-refractivity contribution < 1.29 is 9.59 Å². The fourth-order valence-corrected chi connectivity index (χ4v) is 2.24. The van der Waals surface area contributed by atoms with E-state index < -0.39 is 0 Å². The summed E-state index contributed by atoms with van der Waals surface area (Å²) in [5.74, 6) is -0.212. The van der Waals surface area contributed by atoms with Gasteiger partial charge in [-0.2, -0.15) is 0 Å². The van der Waals surface area contributed by atoms with Gasteiger partial charge in [0.1, 0.15) is 0 Å². The first kappa shape index (κ1) is 17.3. The van der Waals surface area contributed by atoms with Crippen LogP contribution in [0.3, 0.4) is 0 Å². The average Bonchev–Trinajstić information content (AvgIpc) is 2.54. The van der Waals surface area contributed by atoms with E-state index in [-0.39, 0.29) is 18.4 Å². The second-order valence-electron chi connectivity index (χ2n) is 4.89. The number of carbonyl (C=O) groups is 2. The van der Waals surface area contributed by atoms with E-state index >= 15 is 0 Å². The minimum Gasteiger partial charge on any atom is -0.376 e. The summed E-state index contributed by atoms with van der Waals surface area (Å²) < 4.78 is 1.14. The Kier molecular flexibility index (Phi) is 6.40. The van der Waals surface area contributed by atoms with Crippen molar-refractivity contribution in [2.45, 2.75) is 13.3 Å². The van der Waals surface area contributed by atoms with Crippen molar-refractivity contribution in [1.82, 2.24) is 0 Å². The highest BCUT2D eigenvalue weighted by Crippen LogP contribution is 2.15. The van der Waals surface area contributed by atoms with Gasteiger partial charge in [0.2, 0.25) is 11.8 Å². The van der Waals surface area contributed by atoms with Crippen LogP contribution in [0.4, 0.5) is 17.1 Å². The van der Waals surface area contributed by atoms with Gasteiger partial charge in [-0.15, -0.1) is 0 Å². The van der Waals surface area contributed by atoms with E-state index in [1.165, 1.54) is 0 Å². The third-order valence-electron chi connectivity index (χ3n) is 3.05. The number of carbonyl (C=O) groups excluding carboxylic acids is 2. The first-order valence-corrected chi connectivity index (χ1v) is 8.34. The summed E-state index contributed by atoms with van der Waals surface area (Å²) in [5.41, 5.74) is 2.21. The highest BCUT2D eigenvalue weighted by Gasteiger charge is 2.04. The van der Waals surface area contributed by atoms with Gasteiger partial charge < -0.3 is 16.0 Å². The molecule has 2 amide bonds. The highest BCUT2D eigenvalue weighted by atomic mass is 127. The second kappa shape index (κ2) is 8.52. The Morgan fingerprint density at radius 1 is 0.913 bits per heavy atom. The molecule has 0 aliphatic heterocycles. The number of hydrogen-bond donors (Lipinski definition) is 3. The van der Waals surface area contributed by atoms with Gasteiger partial charge in [0.25, 0.3) is 0 Å². The third kappa shape index (κ3) is 5.90. The summed E-state index contributed by atoms with van der Waals surface area (Å²) >= 11 is 2.23. The van der Waals surface area contributed by atoms with Crippen LogP contribution >= 0.6 is 22.6 Å². The molecule has 2 rings (SSSR count). The molecule has 0 unspecified atom stereocenters. The molecule has 0 fully saturated rings. The number of nitrogens with one attached hydrogen (secondary N) is 3.